The Hall–Kier alpha value is -3.35. The molecule has 0 aromatic heterocycles. The lowest BCUT2D eigenvalue weighted by molar-refractivity contribution is -0.132. The molecule has 0 spiro atoms. The van der Waals surface area contributed by atoms with Crippen LogP contribution >= 0.6 is 11.8 Å². The number of ether oxygens (including phenoxy) is 1. The minimum Gasteiger partial charge on any atom is -0.489 e. The molecule has 0 amide bonds. The Morgan fingerprint density at radius 1 is 0.979 bits per heavy atom. The standard InChI is InChI=1S/C41H51NO5S/c43-29-38(44)14-4-2-1-3-7-23-42(37-13-8-10-31-16-19-35(41(45)46)20-17-32(26-31)28-37)24-22-34-11-5-6-15-39(34)47-30-33-18-21-40-36(27-33)12-9-25-48-40/h5-6,11,15,17-21,27,37,43H,1-4,7-10,12-14,16,22-25,28-30H2,(H,45,46)/b20-17-,35-19+. The number of thioether (sulfide) groups is 1. The van der Waals surface area contributed by atoms with Gasteiger partial charge in [-0.05, 0) is 123 Å². The molecule has 5 rings (SSSR count). The fourth-order valence-electron chi connectivity index (χ4n) is 6.98. The number of aliphatic hydroxyl groups is 1. The fraction of sp³-hybridized carbons (Fsp3) is 0.488. The molecule has 0 saturated carbocycles. The van der Waals surface area contributed by atoms with Gasteiger partial charge in [0.25, 0.3) is 0 Å². The summed E-state index contributed by atoms with van der Waals surface area (Å²) in [6.07, 6.45) is 19.0. The molecule has 6 nitrogen and oxygen atoms in total. The van der Waals surface area contributed by atoms with Crippen molar-refractivity contribution in [1.82, 2.24) is 4.90 Å². The number of hydrogen-bond donors (Lipinski definition) is 2. The van der Waals surface area contributed by atoms with Crippen LogP contribution in [-0.4, -0.2) is 58.4 Å². The van der Waals surface area contributed by atoms with Crippen LogP contribution in [0, 0.1) is 0 Å². The summed E-state index contributed by atoms with van der Waals surface area (Å²) in [6.45, 7) is 2.12. The van der Waals surface area contributed by atoms with Crippen LogP contribution in [0.25, 0.3) is 0 Å². The first-order chi connectivity index (χ1) is 23.5. The number of carboxylic acid groups (broad SMARTS) is 1. The number of unbranched alkanes of at least 4 members (excludes halogenated alkanes) is 4. The largest absolute Gasteiger partial charge is 0.489 e. The number of allylic oxidation sites excluding steroid dienone is 2. The summed E-state index contributed by atoms with van der Waals surface area (Å²) in [6, 6.07) is 15.6. The van der Waals surface area contributed by atoms with Crippen LogP contribution in [0.3, 0.4) is 0 Å². The van der Waals surface area contributed by atoms with Crippen LogP contribution in [0.5, 0.6) is 5.75 Å². The molecule has 2 aromatic rings. The summed E-state index contributed by atoms with van der Waals surface area (Å²) in [5.74, 6) is 1.20. The zero-order valence-electron chi connectivity index (χ0n) is 28.3. The first-order valence-corrected chi connectivity index (χ1v) is 18.9. The molecule has 1 unspecified atom stereocenters. The Morgan fingerprint density at radius 2 is 1.83 bits per heavy atom. The summed E-state index contributed by atoms with van der Waals surface area (Å²) in [5.41, 5.74) is 10.2. The molecule has 1 aliphatic heterocycles. The van der Waals surface area contributed by atoms with Gasteiger partial charge in [0.1, 0.15) is 19.0 Å². The van der Waals surface area contributed by atoms with Gasteiger partial charge < -0.3 is 14.9 Å². The third-order valence-corrected chi connectivity index (χ3v) is 10.9. The number of carbonyl (C=O) groups is 2. The number of ketones is 1. The average molecular weight is 670 g/mol. The van der Waals surface area contributed by atoms with E-state index in [9.17, 15) is 14.7 Å². The summed E-state index contributed by atoms with van der Waals surface area (Å²) in [4.78, 5) is 27.3. The molecular weight excluding hydrogens is 619 g/mol. The van der Waals surface area contributed by atoms with E-state index >= 15 is 0 Å². The number of aryl methyl sites for hydroxylation is 1. The number of aliphatic hydroxyl groups excluding tert-OH is 1. The zero-order valence-corrected chi connectivity index (χ0v) is 29.1. The maximum absolute atomic E-state index is 11.8. The maximum Gasteiger partial charge on any atom is 0.335 e. The lowest BCUT2D eigenvalue weighted by atomic mass is 9.91. The first-order valence-electron chi connectivity index (χ1n) is 17.9. The van der Waals surface area contributed by atoms with Gasteiger partial charge in [-0.1, -0.05) is 61.7 Å². The molecule has 0 saturated heterocycles. The van der Waals surface area contributed by atoms with Crippen molar-refractivity contribution in [3.63, 3.8) is 0 Å². The predicted molar refractivity (Wildman–Crippen MR) is 194 cm³/mol. The number of hydrogen-bond acceptors (Lipinski definition) is 6. The van der Waals surface area contributed by atoms with Gasteiger partial charge in [0.05, 0.1) is 5.57 Å². The van der Waals surface area contributed by atoms with E-state index < -0.39 is 5.97 Å². The number of fused-ring (bicyclic) bond motifs is 1. The molecule has 1 heterocycles. The summed E-state index contributed by atoms with van der Waals surface area (Å²) < 4.78 is 6.45. The predicted octanol–water partition coefficient (Wildman–Crippen LogP) is 8.42. The summed E-state index contributed by atoms with van der Waals surface area (Å²) in [5, 5.41) is 18.6. The molecule has 1 atom stereocenters. The van der Waals surface area contributed by atoms with Crippen LogP contribution < -0.4 is 4.74 Å². The van der Waals surface area contributed by atoms with E-state index in [1.54, 1.807) is 6.08 Å². The van der Waals surface area contributed by atoms with Crippen molar-refractivity contribution in [2.45, 2.75) is 107 Å². The Morgan fingerprint density at radius 3 is 2.71 bits per heavy atom. The zero-order chi connectivity index (χ0) is 33.6. The molecule has 2 aliphatic carbocycles. The van der Waals surface area contributed by atoms with Crippen molar-refractivity contribution < 1.29 is 24.5 Å². The van der Waals surface area contributed by atoms with Gasteiger partial charge in [-0.3, -0.25) is 9.69 Å². The topological polar surface area (TPSA) is 87.1 Å². The smallest absolute Gasteiger partial charge is 0.335 e. The molecule has 0 fully saturated rings. The molecule has 2 bridgehead atoms. The number of aliphatic carboxylic acids is 1. The molecule has 2 aromatic carbocycles. The van der Waals surface area contributed by atoms with E-state index in [-0.39, 0.29) is 12.4 Å². The van der Waals surface area contributed by atoms with Gasteiger partial charge in [-0.15, -0.1) is 17.5 Å². The third-order valence-electron chi connectivity index (χ3n) is 9.69. The number of rotatable bonds is 17. The van der Waals surface area contributed by atoms with E-state index in [2.05, 4.69) is 53.1 Å². The summed E-state index contributed by atoms with van der Waals surface area (Å²) >= 11 is 1.96. The Kier molecular flexibility index (Phi) is 14.2. The number of nitrogens with zero attached hydrogens (tertiary/aromatic N) is 1. The van der Waals surface area contributed by atoms with Gasteiger partial charge >= 0.3 is 5.97 Å². The number of benzene rings is 2. The highest BCUT2D eigenvalue weighted by molar-refractivity contribution is 7.99. The minimum absolute atomic E-state index is 0.0720. The normalized spacial score (nSPS) is 19.4. The van der Waals surface area contributed by atoms with Gasteiger partial charge in [0.15, 0.2) is 5.78 Å². The Bertz CT molecular complexity index is 1530. The second kappa shape index (κ2) is 19.0. The van der Waals surface area contributed by atoms with Gasteiger partial charge in [-0.2, -0.15) is 0 Å². The highest BCUT2D eigenvalue weighted by Gasteiger charge is 2.22. The monoisotopic (exact) mass is 669 g/mol. The Balaban J connectivity index is 1.24. The second-order valence-electron chi connectivity index (χ2n) is 13.3. The second-order valence-corrected chi connectivity index (χ2v) is 14.4. The number of Topliss-reactive ketones (excluding diaryl/α,β-unsaturated/α-hetero) is 1. The first kappa shape index (κ1) is 35.9. The van der Waals surface area contributed by atoms with E-state index in [4.69, 9.17) is 9.84 Å². The van der Waals surface area contributed by atoms with Crippen LogP contribution in [0.4, 0.5) is 0 Å². The van der Waals surface area contributed by atoms with E-state index in [0.717, 1.165) is 95.0 Å². The van der Waals surface area contributed by atoms with E-state index in [1.807, 2.05) is 23.9 Å². The lowest BCUT2D eigenvalue weighted by Crippen LogP contribution is -2.38. The summed E-state index contributed by atoms with van der Waals surface area (Å²) in [7, 11) is 0. The third kappa shape index (κ3) is 11.1. The average Bonchev–Trinajstić information content (AvgIpc) is 3.08. The van der Waals surface area contributed by atoms with Crippen LogP contribution in [-0.2, 0) is 29.0 Å². The van der Waals surface area contributed by atoms with Gasteiger partial charge in [-0.25, -0.2) is 4.79 Å². The van der Waals surface area contributed by atoms with E-state index in [1.165, 1.54) is 39.3 Å². The molecule has 256 valence electrons. The molecule has 2 N–H and O–H groups in total. The van der Waals surface area contributed by atoms with Crippen molar-refractivity contribution in [2.24, 2.45) is 0 Å². The van der Waals surface area contributed by atoms with Crippen LogP contribution in [0.2, 0.25) is 0 Å². The van der Waals surface area contributed by atoms with Crippen LogP contribution in [0.1, 0.15) is 93.7 Å². The van der Waals surface area contributed by atoms with Crippen molar-refractivity contribution in [3.8, 4) is 5.75 Å². The molecule has 7 heteroatoms. The van der Waals surface area contributed by atoms with Crippen molar-refractivity contribution in [2.75, 3.05) is 25.4 Å². The van der Waals surface area contributed by atoms with Crippen molar-refractivity contribution in [3.05, 3.63) is 99.8 Å². The SMILES string of the molecule is O=C(CO)CCCCCCCN(CCc1ccccc1OCc1ccc2c(c1)CCCS2)C1CCCC2=C=C(/C=C\C(C(=O)O)=C/C2)C1. The highest BCUT2D eigenvalue weighted by atomic mass is 32.2. The molecule has 0 radical (unpaired) electrons. The number of carboxylic acids is 1. The molecular formula is C41H51NO5S. The van der Waals surface area contributed by atoms with Crippen molar-refractivity contribution in [1.29, 1.82) is 0 Å². The van der Waals surface area contributed by atoms with Gasteiger partial charge in [0, 0.05) is 23.9 Å². The minimum atomic E-state index is -0.880. The van der Waals surface area contributed by atoms with E-state index in [0.29, 0.717) is 31.1 Å². The number of carbonyl (C=O) groups excluding carboxylic acids is 1. The van der Waals surface area contributed by atoms with Crippen molar-refractivity contribution >= 4 is 23.5 Å². The molecule has 48 heavy (non-hydrogen) atoms. The number of para-hydroxylation sites is 1. The lowest BCUT2D eigenvalue weighted by Gasteiger charge is -2.33. The molecule has 3 aliphatic rings. The highest BCUT2D eigenvalue weighted by Crippen LogP contribution is 2.31. The van der Waals surface area contributed by atoms with Gasteiger partial charge in [0.2, 0.25) is 0 Å². The fourth-order valence-corrected chi connectivity index (χ4v) is 7.99. The van der Waals surface area contributed by atoms with Crippen LogP contribution in [0.15, 0.2) is 88.0 Å². The maximum atomic E-state index is 11.8. The quantitative estimate of drug-likeness (QED) is 0.129. The Labute approximate surface area is 290 Å².